The molecule has 3 nitrogen and oxygen atoms in total. The number of carbonyl (C=O) groups is 1. The second-order valence-corrected chi connectivity index (χ2v) is 4.39. The molecule has 0 saturated carbocycles. The molecule has 20 heavy (non-hydrogen) atoms. The first-order valence-electron chi connectivity index (χ1n) is 5.37. The van der Waals surface area contributed by atoms with E-state index >= 15 is 0 Å². The molecule has 112 valence electrons. The molecule has 0 radical (unpaired) electrons. The van der Waals surface area contributed by atoms with Crippen molar-refractivity contribution < 1.29 is 31.5 Å². The fourth-order valence-electron chi connectivity index (χ4n) is 1.42. The number of carbonyl (C=O) groups excluding carboxylic acids is 1. The van der Waals surface area contributed by atoms with Crippen molar-refractivity contribution in [2.75, 3.05) is 6.61 Å². The summed E-state index contributed by atoms with van der Waals surface area (Å²) in [7, 11) is 0. The van der Waals surface area contributed by atoms with Gasteiger partial charge in [-0.1, -0.05) is 0 Å². The van der Waals surface area contributed by atoms with Crippen LogP contribution < -0.4 is 0 Å². The SMILES string of the molecule is CCOC(=O)Cc1nc(Br)c(C(F)F)cc1C(F)(F)F. The van der Waals surface area contributed by atoms with Crippen LogP contribution in [0.4, 0.5) is 22.0 Å². The van der Waals surface area contributed by atoms with Gasteiger partial charge in [0.2, 0.25) is 0 Å². The fourth-order valence-corrected chi connectivity index (χ4v) is 1.93. The normalized spacial score (nSPS) is 11.8. The number of aromatic nitrogens is 1. The van der Waals surface area contributed by atoms with Crippen LogP contribution in [0.25, 0.3) is 0 Å². The largest absolute Gasteiger partial charge is 0.466 e. The molecule has 9 heteroatoms. The van der Waals surface area contributed by atoms with Crippen molar-refractivity contribution in [1.29, 1.82) is 0 Å². The minimum Gasteiger partial charge on any atom is -0.466 e. The van der Waals surface area contributed by atoms with Crippen LogP contribution in [-0.4, -0.2) is 17.6 Å². The lowest BCUT2D eigenvalue weighted by molar-refractivity contribution is -0.143. The third-order valence-electron chi connectivity index (χ3n) is 2.24. The monoisotopic (exact) mass is 361 g/mol. The molecular weight excluding hydrogens is 353 g/mol. The van der Waals surface area contributed by atoms with E-state index in [1.165, 1.54) is 6.92 Å². The van der Waals surface area contributed by atoms with Crippen molar-refractivity contribution >= 4 is 21.9 Å². The number of halogens is 6. The van der Waals surface area contributed by atoms with Crippen molar-refractivity contribution in [2.45, 2.75) is 25.9 Å². The molecule has 0 bridgehead atoms. The minimum absolute atomic E-state index is 0.00350. The lowest BCUT2D eigenvalue weighted by atomic mass is 10.1. The van der Waals surface area contributed by atoms with E-state index in [0.29, 0.717) is 0 Å². The van der Waals surface area contributed by atoms with Crippen molar-refractivity contribution in [3.63, 3.8) is 0 Å². The molecular formula is C11H9BrF5NO2. The molecule has 1 aromatic heterocycles. The number of hydrogen-bond acceptors (Lipinski definition) is 3. The highest BCUT2D eigenvalue weighted by atomic mass is 79.9. The zero-order valence-corrected chi connectivity index (χ0v) is 11.7. The summed E-state index contributed by atoms with van der Waals surface area (Å²) in [4.78, 5) is 14.6. The van der Waals surface area contributed by atoms with Crippen LogP contribution in [0.15, 0.2) is 10.7 Å². The van der Waals surface area contributed by atoms with Crippen LogP contribution in [0.5, 0.6) is 0 Å². The molecule has 0 spiro atoms. The van der Waals surface area contributed by atoms with E-state index in [0.717, 1.165) is 0 Å². The molecule has 1 heterocycles. The molecule has 0 atom stereocenters. The van der Waals surface area contributed by atoms with Gasteiger partial charge in [-0.25, -0.2) is 13.8 Å². The highest BCUT2D eigenvalue weighted by Crippen LogP contribution is 2.36. The Morgan fingerprint density at radius 3 is 2.50 bits per heavy atom. The second kappa shape index (κ2) is 6.47. The number of hydrogen-bond donors (Lipinski definition) is 0. The van der Waals surface area contributed by atoms with E-state index in [4.69, 9.17) is 0 Å². The molecule has 0 aliphatic rings. The lowest BCUT2D eigenvalue weighted by Gasteiger charge is -2.14. The molecule has 0 aromatic carbocycles. The zero-order valence-electron chi connectivity index (χ0n) is 10.1. The summed E-state index contributed by atoms with van der Waals surface area (Å²) >= 11 is 2.67. The van der Waals surface area contributed by atoms with Crippen molar-refractivity contribution in [3.8, 4) is 0 Å². The number of alkyl halides is 5. The minimum atomic E-state index is -4.89. The number of ether oxygens (including phenoxy) is 1. The third kappa shape index (κ3) is 4.12. The van der Waals surface area contributed by atoms with Gasteiger partial charge >= 0.3 is 12.1 Å². The maximum absolute atomic E-state index is 12.8. The maximum atomic E-state index is 12.8. The Morgan fingerprint density at radius 1 is 1.45 bits per heavy atom. The van der Waals surface area contributed by atoms with Crippen LogP contribution in [0.3, 0.4) is 0 Å². The van der Waals surface area contributed by atoms with Crippen LogP contribution in [0, 0.1) is 0 Å². The zero-order chi connectivity index (χ0) is 15.5. The molecule has 0 saturated heterocycles. The van der Waals surface area contributed by atoms with Crippen LogP contribution in [-0.2, 0) is 22.1 Å². The van der Waals surface area contributed by atoms with Gasteiger partial charge in [0.05, 0.1) is 29.8 Å². The van der Waals surface area contributed by atoms with Gasteiger partial charge in [-0.2, -0.15) is 13.2 Å². The summed E-state index contributed by atoms with van der Waals surface area (Å²) in [5.74, 6) is -0.915. The van der Waals surface area contributed by atoms with E-state index in [1.807, 2.05) is 0 Å². The lowest BCUT2D eigenvalue weighted by Crippen LogP contribution is -2.17. The van der Waals surface area contributed by atoms with Gasteiger partial charge in [0, 0.05) is 0 Å². The second-order valence-electron chi connectivity index (χ2n) is 3.64. The summed E-state index contributed by atoms with van der Waals surface area (Å²) in [6.07, 6.45) is -8.75. The summed E-state index contributed by atoms with van der Waals surface area (Å²) in [6, 6.07) is 0.288. The topological polar surface area (TPSA) is 39.2 Å². The van der Waals surface area contributed by atoms with Crippen molar-refractivity contribution in [1.82, 2.24) is 4.98 Å². The van der Waals surface area contributed by atoms with Gasteiger partial charge in [0.1, 0.15) is 4.60 Å². The quantitative estimate of drug-likeness (QED) is 0.463. The Hall–Kier alpha value is -1.25. The summed E-state index contributed by atoms with van der Waals surface area (Å²) in [6.45, 7) is 1.49. The van der Waals surface area contributed by atoms with Gasteiger partial charge in [0.15, 0.2) is 0 Å². The molecule has 1 aromatic rings. The summed E-state index contributed by atoms with van der Waals surface area (Å²) in [5.41, 5.74) is -2.92. The van der Waals surface area contributed by atoms with E-state index in [-0.39, 0.29) is 12.7 Å². The van der Waals surface area contributed by atoms with E-state index in [1.54, 1.807) is 0 Å². The smallest absolute Gasteiger partial charge is 0.418 e. The van der Waals surface area contributed by atoms with E-state index < -0.39 is 46.4 Å². The number of nitrogens with zero attached hydrogens (tertiary/aromatic N) is 1. The fraction of sp³-hybridized carbons (Fsp3) is 0.455. The third-order valence-corrected chi connectivity index (χ3v) is 2.87. The van der Waals surface area contributed by atoms with E-state index in [9.17, 15) is 26.7 Å². The molecule has 0 fully saturated rings. The summed E-state index contributed by atoms with van der Waals surface area (Å²) < 4.78 is 67.7. The Bertz CT molecular complexity index is 504. The first-order chi connectivity index (χ1) is 9.16. The average molecular weight is 362 g/mol. The first kappa shape index (κ1) is 16.8. The molecule has 1 rings (SSSR count). The van der Waals surface area contributed by atoms with Crippen molar-refractivity contribution in [3.05, 3.63) is 27.5 Å². The predicted molar refractivity (Wildman–Crippen MR) is 62.2 cm³/mol. The average Bonchev–Trinajstić information content (AvgIpc) is 2.26. The maximum Gasteiger partial charge on any atom is 0.418 e. The standard InChI is InChI=1S/C11H9BrF5NO2/c1-2-20-8(19)4-7-6(11(15,16)17)3-5(10(13)14)9(12)18-7/h3,10H,2,4H2,1H3. The Morgan fingerprint density at radius 2 is 2.05 bits per heavy atom. The molecule has 0 aliphatic carbocycles. The number of rotatable bonds is 4. The molecule has 0 unspecified atom stereocenters. The Kier molecular flexibility index (Phi) is 5.43. The van der Waals surface area contributed by atoms with Gasteiger partial charge < -0.3 is 4.74 Å². The van der Waals surface area contributed by atoms with Gasteiger partial charge in [-0.3, -0.25) is 4.79 Å². The first-order valence-corrected chi connectivity index (χ1v) is 6.16. The molecule has 0 amide bonds. The highest BCUT2D eigenvalue weighted by Gasteiger charge is 2.36. The Balaban J connectivity index is 3.28. The highest BCUT2D eigenvalue weighted by molar-refractivity contribution is 9.10. The van der Waals surface area contributed by atoms with Gasteiger partial charge in [-0.15, -0.1) is 0 Å². The molecule has 0 aliphatic heterocycles. The van der Waals surface area contributed by atoms with Crippen molar-refractivity contribution in [2.24, 2.45) is 0 Å². The van der Waals surface area contributed by atoms with Gasteiger partial charge in [-0.05, 0) is 28.9 Å². The molecule has 0 N–H and O–H groups in total. The summed E-state index contributed by atoms with van der Waals surface area (Å²) in [5, 5.41) is 0. The Labute approximate surface area is 119 Å². The van der Waals surface area contributed by atoms with Crippen LogP contribution in [0.2, 0.25) is 0 Å². The number of pyridine rings is 1. The predicted octanol–water partition coefficient (Wildman–Crippen LogP) is 3.91. The van der Waals surface area contributed by atoms with Crippen LogP contribution in [0.1, 0.15) is 30.2 Å². The van der Waals surface area contributed by atoms with Crippen LogP contribution >= 0.6 is 15.9 Å². The van der Waals surface area contributed by atoms with E-state index in [2.05, 4.69) is 25.7 Å². The number of esters is 1. The van der Waals surface area contributed by atoms with Gasteiger partial charge in [0.25, 0.3) is 6.43 Å².